The zero-order valence-corrected chi connectivity index (χ0v) is 34.3. The molecule has 2 aromatic carbocycles. The van der Waals surface area contributed by atoms with Gasteiger partial charge in [-0.05, 0) is 105 Å². The normalized spacial score (nSPS) is 26.9. The molecule has 17 heteroatoms. The predicted molar refractivity (Wildman–Crippen MR) is 224 cm³/mol. The van der Waals surface area contributed by atoms with Crippen LogP contribution in [0.4, 0.5) is 27.8 Å². The molecule has 7 heterocycles. The number of piperidine rings is 4. The summed E-state index contributed by atoms with van der Waals surface area (Å²) >= 11 is 0. The summed E-state index contributed by atoms with van der Waals surface area (Å²) in [6, 6.07) is 12.9. The Bertz CT molecular complexity index is 2300. The highest BCUT2D eigenvalue weighted by molar-refractivity contribution is 6.23. The molecule has 1 aromatic heterocycles. The number of nitrogens with one attached hydrogen (secondary N) is 2. The van der Waals surface area contributed by atoms with Gasteiger partial charge in [0.25, 0.3) is 17.7 Å². The van der Waals surface area contributed by atoms with E-state index in [0.717, 1.165) is 94.3 Å². The van der Waals surface area contributed by atoms with Crippen LogP contribution in [0, 0.1) is 17.8 Å². The van der Waals surface area contributed by atoms with E-state index in [1.807, 2.05) is 30.1 Å². The van der Waals surface area contributed by atoms with Crippen molar-refractivity contribution in [3.8, 4) is 0 Å². The Labute approximate surface area is 353 Å². The second-order valence-electron chi connectivity index (χ2n) is 17.8. The Morgan fingerprint density at radius 1 is 0.852 bits per heavy atom. The predicted octanol–water partition coefficient (Wildman–Crippen LogP) is 2.62. The van der Waals surface area contributed by atoms with Crippen molar-refractivity contribution in [2.75, 3.05) is 81.1 Å². The number of carbonyl (C=O) groups excluding carboxylic acids is 6. The molecule has 1 aliphatic carbocycles. The summed E-state index contributed by atoms with van der Waals surface area (Å²) in [6.07, 6.45) is 5.84. The van der Waals surface area contributed by atoms with Crippen LogP contribution in [0.3, 0.4) is 0 Å². The van der Waals surface area contributed by atoms with E-state index in [0.29, 0.717) is 53.0 Å². The number of imide groups is 2. The average molecular weight is 830 g/mol. The van der Waals surface area contributed by atoms with E-state index in [1.54, 1.807) is 23.2 Å². The van der Waals surface area contributed by atoms with Crippen LogP contribution in [0.1, 0.15) is 81.2 Å². The maximum absolute atomic E-state index is 13.4. The number of rotatable bonds is 10. The Hall–Kier alpha value is -6.10. The Morgan fingerprint density at radius 2 is 1.61 bits per heavy atom. The van der Waals surface area contributed by atoms with Gasteiger partial charge in [-0.3, -0.25) is 34.2 Å². The summed E-state index contributed by atoms with van der Waals surface area (Å²) in [5.74, 6) is 0.665. The molecule has 2 unspecified atom stereocenters. The molecule has 3 aromatic rings. The highest BCUT2D eigenvalue weighted by Gasteiger charge is 2.56. The van der Waals surface area contributed by atoms with Crippen LogP contribution in [0.5, 0.6) is 0 Å². The molecule has 7 amide bonds. The molecule has 10 rings (SSSR count). The van der Waals surface area contributed by atoms with Gasteiger partial charge >= 0.3 is 6.03 Å². The smallest absolute Gasteiger partial charge is 0.320 e. The second-order valence-corrected chi connectivity index (χ2v) is 17.8. The second kappa shape index (κ2) is 15.4. The van der Waals surface area contributed by atoms with Crippen molar-refractivity contribution in [3.05, 3.63) is 71.0 Å². The number of carbonyl (C=O) groups is 6. The first-order valence-corrected chi connectivity index (χ1v) is 21.6. The molecular formula is C44H51N11O6. The highest BCUT2D eigenvalue weighted by atomic mass is 16.2. The fourth-order valence-electron chi connectivity index (χ4n) is 10.7. The van der Waals surface area contributed by atoms with Crippen LogP contribution in [-0.2, 0) is 9.59 Å². The Morgan fingerprint density at radius 3 is 2.31 bits per heavy atom. The number of primary amides is 1. The number of fused-ring (bicyclic) bond motifs is 2. The number of nitrogens with zero attached hydrogens (tertiary/aromatic N) is 8. The minimum absolute atomic E-state index is 0.0628. The lowest BCUT2D eigenvalue weighted by atomic mass is 9.89. The maximum Gasteiger partial charge on any atom is 0.320 e. The van der Waals surface area contributed by atoms with E-state index in [1.165, 1.54) is 5.56 Å². The molecule has 1 saturated carbocycles. The molecule has 0 radical (unpaired) electrons. The van der Waals surface area contributed by atoms with Crippen LogP contribution in [0.2, 0.25) is 0 Å². The molecule has 5 atom stereocenters. The molecule has 61 heavy (non-hydrogen) atoms. The van der Waals surface area contributed by atoms with Crippen LogP contribution in [0.15, 0.2) is 48.7 Å². The zero-order valence-electron chi connectivity index (χ0n) is 34.3. The molecule has 318 valence electrons. The minimum Gasteiger partial charge on any atom is -0.371 e. The van der Waals surface area contributed by atoms with Gasteiger partial charge in [-0.1, -0.05) is 12.1 Å². The maximum atomic E-state index is 13.4. The van der Waals surface area contributed by atoms with E-state index in [-0.39, 0.29) is 36.5 Å². The summed E-state index contributed by atoms with van der Waals surface area (Å²) in [6.45, 7) is 7.89. The number of aromatic nitrogens is 2. The number of anilines is 4. The average Bonchev–Trinajstić information content (AvgIpc) is 3.50. The van der Waals surface area contributed by atoms with Gasteiger partial charge in [0.1, 0.15) is 11.9 Å². The number of hydrogen-bond acceptors (Lipinski definition) is 12. The first kappa shape index (κ1) is 39.1. The number of nitrogens with two attached hydrogens (primary N) is 1. The van der Waals surface area contributed by atoms with E-state index in [4.69, 9.17) is 10.7 Å². The van der Waals surface area contributed by atoms with E-state index in [2.05, 4.69) is 42.5 Å². The van der Waals surface area contributed by atoms with E-state index < -0.39 is 29.7 Å². The highest BCUT2D eigenvalue weighted by Crippen LogP contribution is 2.53. The van der Waals surface area contributed by atoms with Crippen molar-refractivity contribution < 1.29 is 28.8 Å². The SMILES string of the molecule is CN1CCN([C@@H]2CCCN(c3cnc(C(N)=O)c(Nc4ccc(C5CCN(CC6[C@H]7CN(c8ccc9c(c8)C(=O)N(C8CCC(=O)NC8=O)C9=O)C[C@@H]67)CC5)cc4)n3)C2)C1=O. The lowest BCUT2D eigenvalue weighted by Gasteiger charge is -2.37. The molecule has 7 aliphatic rings. The molecule has 5 saturated heterocycles. The van der Waals surface area contributed by atoms with Gasteiger partial charge in [-0.15, -0.1) is 0 Å². The van der Waals surface area contributed by atoms with E-state index in [9.17, 15) is 28.8 Å². The third-order valence-electron chi connectivity index (χ3n) is 14.3. The van der Waals surface area contributed by atoms with Gasteiger partial charge in [0.2, 0.25) is 11.8 Å². The number of hydrogen-bond donors (Lipinski definition) is 3. The van der Waals surface area contributed by atoms with Crippen molar-refractivity contribution in [1.82, 2.24) is 34.9 Å². The molecule has 17 nitrogen and oxygen atoms in total. The summed E-state index contributed by atoms with van der Waals surface area (Å²) in [5, 5.41) is 5.56. The fourth-order valence-corrected chi connectivity index (χ4v) is 10.7. The van der Waals surface area contributed by atoms with Gasteiger partial charge in [-0.25, -0.2) is 14.8 Å². The minimum atomic E-state index is -0.968. The Balaban J connectivity index is 0.707. The lowest BCUT2D eigenvalue weighted by molar-refractivity contribution is -0.136. The van der Waals surface area contributed by atoms with Gasteiger partial charge in [0.05, 0.1) is 23.4 Å². The molecule has 4 N–H and O–H groups in total. The molecule has 6 fully saturated rings. The summed E-state index contributed by atoms with van der Waals surface area (Å²) in [5.41, 5.74) is 9.43. The van der Waals surface area contributed by atoms with Crippen molar-refractivity contribution >= 4 is 58.6 Å². The van der Waals surface area contributed by atoms with Gasteiger partial charge in [-0.2, -0.15) is 0 Å². The van der Waals surface area contributed by atoms with Crippen molar-refractivity contribution in [3.63, 3.8) is 0 Å². The molecular weight excluding hydrogens is 779 g/mol. The van der Waals surface area contributed by atoms with Gasteiger partial charge in [0.15, 0.2) is 11.5 Å². The molecule has 0 spiro atoms. The first-order chi connectivity index (χ1) is 29.5. The fraction of sp³-hybridized carbons (Fsp3) is 0.500. The summed E-state index contributed by atoms with van der Waals surface area (Å²) < 4.78 is 0. The number of amides is 7. The van der Waals surface area contributed by atoms with E-state index >= 15 is 0 Å². The van der Waals surface area contributed by atoms with Crippen LogP contribution < -0.4 is 26.2 Å². The monoisotopic (exact) mass is 829 g/mol. The van der Waals surface area contributed by atoms with Crippen LogP contribution >= 0.6 is 0 Å². The third kappa shape index (κ3) is 7.21. The van der Waals surface area contributed by atoms with Crippen LogP contribution in [-0.4, -0.2) is 143 Å². The van der Waals surface area contributed by atoms with Gasteiger partial charge < -0.3 is 35.6 Å². The number of likely N-dealkylation sites (N-methyl/N-ethyl adjacent to an activating group) is 1. The number of urea groups is 1. The van der Waals surface area contributed by atoms with Crippen molar-refractivity contribution in [1.29, 1.82) is 0 Å². The zero-order chi connectivity index (χ0) is 42.1. The molecule has 0 bridgehead atoms. The van der Waals surface area contributed by atoms with Crippen molar-refractivity contribution in [2.24, 2.45) is 23.5 Å². The Kier molecular flexibility index (Phi) is 9.87. The van der Waals surface area contributed by atoms with Crippen molar-refractivity contribution in [2.45, 2.75) is 56.5 Å². The summed E-state index contributed by atoms with van der Waals surface area (Å²) in [7, 11) is 1.83. The topological polar surface area (TPSA) is 198 Å². The number of likely N-dealkylation sites (tertiary alicyclic amines) is 1. The molecule has 6 aliphatic heterocycles. The summed E-state index contributed by atoms with van der Waals surface area (Å²) in [4.78, 5) is 96.7. The quantitative estimate of drug-likeness (QED) is 0.253. The lowest BCUT2D eigenvalue weighted by Crippen LogP contribution is -2.54. The first-order valence-electron chi connectivity index (χ1n) is 21.6. The van der Waals surface area contributed by atoms with Gasteiger partial charge in [0, 0.05) is 70.7 Å². The third-order valence-corrected chi connectivity index (χ3v) is 14.3. The number of benzene rings is 2. The standard InChI is InChI=1S/C44H51N11O6/c1-50-17-18-54(44(50)61)29-3-2-14-52(21-29)36-20-46-38(39(45)57)40(48-36)47-27-6-4-25(5-7-27)26-12-15-51(16-13-26)22-32-33-23-53(24-34(32)33)28-8-9-30-31(19-28)43(60)55(42(30)59)35-10-11-37(56)49-41(35)58/h4-9,19-20,26,29,32-35H,2-3,10-18,21-24H2,1H3,(H2,45,57)(H,47,48)(H,49,56,58)/t29-,32?,33-,34+,35?/m1/s1. The van der Waals surface area contributed by atoms with Crippen LogP contribution in [0.25, 0.3) is 0 Å². The largest absolute Gasteiger partial charge is 0.371 e.